The lowest BCUT2D eigenvalue weighted by molar-refractivity contribution is -0.126. The summed E-state index contributed by atoms with van der Waals surface area (Å²) < 4.78 is 12.0. The molecule has 0 bridgehead atoms. The third-order valence-electron chi connectivity index (χ3n) is 7.71. The molecule has 35 heavy (non-hydrogen) atoms. The van der Waals surface area contributed by atoms with E-state index in [9.17, 15) is 14.4 Å². The van der Waals surface area contributed by atoms with E-state index in [0.29, 0.717) is 29.7 Å². The van der Waals surface area contributed by atoms with Crippen LogP contribution in [-0.4, -0.2) is 42.5 Å². The standard InChI is InChI=1S/C28H28N2O5/c1-4-11-29-21-10-6-5-9-20(21)28(27(29)33)23-24(31)19-13-16(2)17(3)14-22(19)35-25(23)26(32)30(28)15-18-8-7-12-34-18/h5-6,9-10,13-14,18H,4,7-8,11-12,15H2,1-3H3/t18-,28-/m0/s1. The van der Waals surface area contributed by atoms with E-state index in [1.54, 1.807) is 21.9 Å². The highest BCUT2D eigenvalue weighted by molar-refractivity contribution is 6.17. The molecule has 0 aliphatic carbocycles. The van der Waals surface area contributed by atoms with Crippen molar-refractivity contribution in [3.05, 3.63) is 74.6 Å². The molecule has 3 aromatic rings. The van der Waals surface area contributed by atoms with Gasteiger partial charge < -0.3 is 19.0 Å². The molecular weight excluding hydrogens is 444 g/mol. The Labute approximate surface area is 203 Å². The number of rotatable bonds is 4. The molecule has 180 valence electrons. The molecule has 1 spiro atoms. The van der Waals surface area contributed by atoms with E-state index in [1.165, 1.54) is 0 Å². The zero-order valence-corrected chi connectivity index (χ0v) is 20.2. The minimum Gasteiger partial charge on any atom is -0.450 e. The van der Waals surface area contributed by atoms with Crippen LogP contribution in [0.15, 0.2) is 45.6 Å². The van der Waals surface area contributed by atoms with Gasteiger partial charge in [-0.2, -0.15) is 0 Å². The van der Waals surface area contributed by atoms with E-state index in [-0.39, 0.29) is 35.3 Å². The van der Waals surface area contributed by atoms with Crippen LogP contribution in [0.4, 0.5) is 5.69 Å². The number of hydrogen-bond donors (Lipinski definition) is 0. The predicted molar refractivity (Wildman–Crippen MR) is 132 cm³/mol. The topological polar surface area (TPSA) is 80.1 Å². The van der Waals surface area contributed by atoms with Crippen LogP contribution in [0.1, 0.15) is 59.0 Å². The summed E-state index contributed by atoms with van der Waals surface area (Å²) in [6.45, 7) is 7.22. The Hall–Kier alpha value is -3.45. The molecule has 6 rings (SSSR count). The number of fused-ring (bicyclic) bond motifs is 5. The lowest BCUT2D eigenvalue weighted by Gasteiger charge is -2.35. The first-order chi connectivity index (χ1) is 16.9. The van der Waals surface area contributed by atoms with Gasteiger partial charge in [0.15, 0.2) is 11.0 Å². The predicted octanol–water partition coefficient (Wildman–Crippen LogP) is 4.04. The summed E-state index contributed by atoms with van der Waals surface area (Å²) in [4.78, 5) is 45.8. The van der Waals surface area contributed by atoms with E-state index in [4.69, 9.17) is 9.15 Å². The van der Waals surface area contributed by atoms with Gasteiger partial charge in [0, 0.05) is 25.3 Å². The zero-order chi connectivity index (χ0) is 24.5. The molecule has 0 N–H and O–H groups in total. The number of anilines is 1. The number of hydrogen-bond acceptors (Lipinski definition) is 5. The van der Waals surface area contributed by atoms with E-state index in [0.717, 1.165) is 36.1 Å². The largest absolute Gasteiger partial charge is 0.450 e. The van der Waals surface area contributed by atoms with E-state index >= 15 is 0 Å². The Kier molecular flexibility index (Phi) is 4.90. The second-order valence-electron chi connectivity index (χ2n) is 9.80. The third kappa shape index (κ3) is 2.85. The number of ether oxygens (including phenoxy) is 1. The van der Waals surface area contributed by atoms with Crippen molar-refractivity contribution in [3.8, 4) is 0 Å². The number of para-hydroxylation sites is 1. The highest BCUT2D eigenvalue weighted by atomic mass is 16.5. The first-order valence-electron chi connectivity index (χ1n) is 12.3. The number of carbonyl (C=O) groups excluding carboxylic acids is 2. The van der Waals surface area contributed by atoms with Crippen LogP contribution in [-0.2, 0) is 15.1 Å². The molecule has 2 amide bonds. The van der Waals surface area contributed by atoms with Gasteiger partial charge in [0.1, 0.15) is 5.58 Å². The average Bonchev–Trinajstić information content (AvgIpc) is 3.51. The number of nitrogens with zero attached hydrogens (tertiary/aromatic N) is 2. The maximum Gasteiger partial charge on any atom is 0.291 e. The monoisotopic (exact) mass is 472 g/mol. The van der Waals surface area contributed by atoms with Gasteiger partial charge in [-0.1, -0.05) is 25.1 Å². The van der Waals surface area contributed by atoms with Crippen molar-refractivity contribution >= 4 is 28.5 Å². The Balaban J connectivity index is 1.69. The Bertz CT molecular complexity index is 1450. The fourth-order valence-electron chi connectivity index (χ4n) is 5.93. The van der Waals surface area contributed by atoms with E-state index in [1.807, 2.05) is 45.0 Å². The lowest BCUT2D eigenvalue weighted by Crippen LogP contribution is -2.55. The van der Waals surface area contributed by atoms with Gasteiger partial charge in [-0.3, -0.25) is 14.4 Å². The van der Waals surface area contributed by atoms with E-state index < -0.39 is 11.4 Å². The Morgan fingerprint density at radius 2 is 1.86 bits per heavy atom. The molecule has 7 nitrogen and oxygen atoms in total. The molecule has 0 saturated carbocycles. The summed E-state index contributed by atoms with van der Waals surface area (Å²) in [6, 6.07) is 11.1. The molecule has 0 radical (unpaired) electrons. The second kappa shape index (κ2) is 7.78. The van der Waals surface area contributed by atoms with Crippen molar-refractivity contribution in [2.24, 2.45) is 0 Å². The van der Waals surface area contributed by atoms with Crippen LogP contribution in [0.2, 0.25) is 0 Å². The van der Waals surface area contributed by atoms with Crippen molar-refractivity contribution in [2.75, 3.05) is 24.6 Å². The second-order valence-corrected chi connectivity index (χ2v) is 9.80. The summed E-state index contributed by atoms with van der Waals surface area (Å²) >= 11 is 0. The number of aryl methyl sites for hydroxylation is 2. The van der Waals surface area contributed by atoms with Crippen molar-refractivity contribution in [2.45, 2.75) is 51.7 Å². The maximum atomic E-state index is 14.4. The molecule has 2 aromatic carbocycles. The van der Waals surface area contributed by atoms with Crippen molar-refractivity contribution in [1.29, 1.82) is 0 Å². The summed E-state index contributed by atoms with van der Waals surface area (Å²) in [5, 5.41) is 0.386. The average molecular weight is 473 g/mol. The van der Waals surface area contributed by atoms with Gasteiger partial charge in [-0.05, 0) is 62.4 Å². The molecule has 1 aromatic heterocycles. The molecule has 1 fully saturated rings. The Morgan fingerprint density at radius 3 is 2.60 bits per heavy atom. The summed E-state index contributed by atoms with van der Waals surface area (Å²) in [5.41, 5.74) is 1.91. The molecule has 0 unspecified atom stereocenters. The number of benzene rings is 2. The van der Waals surface area contributed by atoms with Crippen molar-refractivity contribution < 1.29 is 18.7 Å². The lowest BCUT2D eigenvalue weighted by atomic mass is 9.83. The van der Waals surface area contributed by atoms with Gasteiger partial charge in [0.05, 0.1) is 22.7 Å². The fraction of sp³-hybridized carbons (Fsp3) is 0.393. The first kappa shape index (κ1) is 22.0. The summed E-state index contributed by atoms with van der Waals surface area (Å²) in [7, 11) is 0. The molecule has 2 atom stereocenters. The van der Waals surface area contributed by atoms with Gasteiger partial charge >= 0.3 is 0 Å². The van der Waals surface area contributed by atoms with Crippen molar-refractivity contribution in [3.63, 3.8) is 0 Å². The van der Waals surface area contributed by atoms with E-state index in [2.05, 4.69) is 0 Å². The van der Waals surface area contributed by atoms with Gasteiger partial charge in [-0.15, -0.1) is 0 Å². The highest BCUT2D eigenvalue weighted by Crippen LogP contribution is 2.52. The molecular formula is C28H28N2O5. The van der Waals surface area contributed by atoms with Gasteiger partial charge in [-0.25, -0.2) is 0 Å². The first-order valence-corrected chi connectivity index (χ1v) is 12.3. The van der Waals surface area contributed by atoms with Crippen LogP contribution < -0.4 is 10.3 Å². The zero-order valence-electron chi connectivity index (χ0n) is 20.2. The smallest absolute Gasteiger partial charge is 0.291 e. The quantitative estimate of drug-likeness (QED) is 0.573. The van der Waals surface area contributed by atoms with Gasteiger partial charge in [0.2, 0.25) is 5.76 Å². The van der Waals surface area contributed by atoms with Crippen LogP contribution in [0.25, 0.3) is 11.0 Å². The molecule has 3 aliphatic heterocycles. The van der Waals surface area contributed by atoms with Crippen LogP contribution in [0, 0.1) is 13.8 Å². The third-order valence-corrected chi connectivity index (χ3v) is 7.71. The molecule has 7 heteroatoms. The minimum absolute atomic E-state index is 0.0368. The maximum absolute atomic E-state index is 14.4. The molecule has 4 heterocycles. The fourth-order valence-corrected chi connectivity index (χ4v) is 5.93. The molecule has 1 saturated heterocycles. The molecule has 3 aliphatic rings. The van der Waals surface area contributed by atoms with Gasteiger partial charge in [0.25, 0.3) is 11.8 Å². The summed E-state index contributed by atoms with van der Waals surface area (Å²) in [5.74, 6) is -0.749. The van der Waals surface area contributed by atoms with Crippen LogP contribution >= 0.6 is 0 Å². The number of amides is 2. The van der Waals surface area contributed by atoms with Crippen LogP contribution in [0.5, 0.6) is 0 Å². The number of carbonyl (C=O) groups is 2. The van der Waals surface area contributed by atoms with Crippen molar-refractivity contribution in [1.82, 2.24) is 4.90 Å². The highest BCUT2D eigenvalue weighted by Gasteiger charge is 2.65. The SMILES string of the molecule is CCCN1C(=O)[C@]2(c3ccccc31)c1c(oc3cc(C)c(C)cc3c1=O)C(=O)N2C[C@@H]1CCCO1. The minimum atomic E-state index is -1.56. The Morgan fingerprint density at radius 1 is 1.09 bits per heavy atom. The van der Waals surface area contributed by atoms with Crippen LogP contribution in [0.3, 0.4) is 0 Å². The summed E-state index contributed by atoms with van der Waals surface area (Å²) in [6.07, 6.45) is 2.25. The normalized spacial score (nSPS) is 23.1.